The molecule has 22 heavy (non-hydrogen) atoms. The summed E-state index contributed by atoms with van der Waals surface area (Å²) in [6.45, 7) is 2.80. The number of rotatable bonds is 5. The van der Waals surface area contributed by atoms with Gasteiger partial charge in [0.15, 0.2) is 0 Å². The fraction of sp³-hybridized carbons (Fsp3) is 0.375. The second-order valence-corrected chi connectivity index (χ2v) is 6.72. The van der Waals surface area contributed by atoms with Crippen molar-refractivity contribution in [2.24, 2.45) is 0 Å². The Hall–Kier alpha value is -1.43. The molecule has 6 heteroatoms. The number of nitrogens with one attached hydrogen (secondary N) is 1. The first-order valence-corrected chi connectivity index (χ1v) is 8.67. The lowest BCUT2D eigenvalue weighted by molar-refractivity contribution is 0.0938. The van der Waals surface area contributed by atoms with Crippen LogP contribution in [0.25, 0.3) is 0 Å². The highest BCUT2D eigenvalue weighted by molar-refractivity contribution is 7.10. The summed E-state index contributed by atoms with van der Waals surface area (Å²) in [6.07, 6.45) is 4.01. The third kappa shape index (κ3) is 3.66. The quantitative estimate of drug-likeness (QED) is 0.852. The maximum atomic E-state index is 12.3. The molecule has 0 aliphatic carbocycles. The lowest BCUT2D eigenvalue weighted by Gasteiger charge is -2.26. The number of amides is 1. The molecule has 2 aromatic rings. The van der Waals surface area contributed by atoms with E-state index in [0.717, 1.165) is 13.1 Å². The molecule has 3 rings (SSSR count). The largest absolute Gasteiger partial charge is 0.350 e. The molecule has 0 radical (unpaired) electrons. The number of likely N-dealkylation sites (tertiary alicyclic amines) is 1. The lowest BCUT2D eigenvalue weighted by atomic mass is 10.2. The predicted molar refractivity (Wildman–Crippen MR) is 89.4 cm³/mol. The Labute approximate surface area is 139 Å². The summed E-state index contributed by atoms with van der Waals surface area (Å²) in [5, 5.41) is 5.45. The fourth-order valence-corrected chi connectivity index (χ4v) is 3.81. The van der Waals surface area contributed by atoms with Gasteiger partial charge in [-0.3, -0.25) is 9.69 Å². The van der Waals surface area contributed by atoms with Crippen LogP contribution in [0.1, 0.15) is 34.1 Å². The van der Waals surface area contributed by atoms with Gasteiger partial charge in [0.05, 0.1) is 6.04 Å². The van der Waals surface area contributed by atoms with E-state index >= 15 is 0 Å². The molecule has 0 spiro atoms. The van der Waals surface area contributed by atoms with Crippen LogP contribution >= 0.6 is 22.9 Å². The minimum absolute atomic E-state index is 0.106. The molecule has 1 saturated heterocycles. The van der Waals surface area contributed by atoms with Gasteiger partial charge in [-0.2, -0.15) is 0 Å². The minimum Gasteiger partial charge on any atom is -0.350 e. The van der Waals surface area contributed by atoms with Gasteiger partial charge < -0.3 is 5.32 Å². The van der Waals surface area contributed by atoms with Crippen LogP contribution in [0.3, 0.4) is 0 Å². The van der Waals surface area contributed by atoms with Gasteiger partial charge in [-0.05, 0) is 49.5 Å². The van der Waals surface area contributed by atoms with Crippen molar-refractivity contribution in [1.29, 1.82) is 0 Å². The molecule has 1 aliphatic heterocycles. The third-order valence-electron chi connectivity index (χ3n) is 3.90. The smallest absolute Gasteiger partial charge is 0.251 e. The van der Waals surface area contributed by atoms with Gasteiger partial charge >= 0.3 is 0 Å². The van der Waals surface area contributed by atoms with Crippen LogP contribution < -0.4 is 5.32 Å². The van der Waals surface area contributed by atoms with Gasteiger partial charge in [0.1, 0.15) is 5.15 Å². The van der Waals surface area contributed by atoms with Gasteiger partial charge in [0.25, 0.3) is 5.91 Å². The summed E-state index contributed by atoms with van der Waals surface area (Å²) in [5.74, 6) is -0.106. The minimum atomic E-state index is -0.106. The zero-order chi connectivity index (χ0) is 15.4. The van der Waals surface area contributed by atoms with Crippen molar-refractivity contribution in [3.05, 3.63) is 51.4 Å². The van der Waals surface area contributed by atoms with Crippen molar-refractivity contribution in [1.82, 2.24) is 15.2 Å². The van der Waals surface area contributed by atoms with Crippen molar-refractivity contribution in [3.63, 3.8) is 0 Å². The monoisotopic (exact) mass is 335 g/mol. The number of hydrogen-bond donors (Lipinski definition) is 1. The molecule has 0 aromatic carbocycles. The molecule has 1 amide bonds. The van der Waals surface area contributed by atoms with Crippen LogP contribution in [-0.4, -0.2) is 35.4 Å². The van der Waals surface area contributed by atoms with E-state index in [-0.39, 0.29) is 11.9 Å². The van der Waals surface area contributed by atoms with E-state index < -0.39 is 0 Å². The van der Waals surface area contributed by atoms with E-state index in [0.29, 0.717) is 17.3 Å². The first kappa shape index (κ1) is 15.5. The Kier molecular flexibility index (Phi) is 5.08. The number of pyridine rings is 1. The Morgan fingerprint density at radius 2 is 2.23 bits per heavy atom. The fourth-order valence-electron chi connectivity index (χ4n) is 2.78. The van der Waals surface area contributed by atoms with Gasteiger partial charge in [0.2, 0.25) is 0 Å². The summed E-state index contributed by atoms with van der Waals surface area (Å²) in [7, 11) is 0. The molecular formula is C16H18ClN3OS. The molecule has 1 aliphatic rings. The summed E-state index contributed by atoms with van der Waals surface area (Å²) < 4.78 is 0. The highest BCUT2D eigenvalue weighted by atomic mass is 35.5. The van der Waals surface area contributed by atoms with Crippen molar-refractivity contribution in [2.75, 3.05) is 19.6 Å². The van der Waals surface area contributed by atoms with Crippen LogP contribution in [-0.2, 0) is 0 Å². The maximum absolute atomic E-state index is 12.3. The number of hydrogen-bond acceptors (Lipinski definition) is 4. The molecule has 2 aromatic heterocycles. The van der Waals surface area contributed by atoms with Crippen molar-refractivity contribution in [3.8, 4) is 0 Å². The molecule has 1 fully saturated rings. The molecular weight excluding hydrogens is 318 g/mol. The van der Waals surface area contributed by atoms with E-state index in [4.69, 9.17) is 11.6 Å². The van der Waals surface area contributed by atoms with Gasteiger partial charge in [-0.25, -0.2) is 4.98 Å². The Morgan fingerprint density at radius 1 is 1.41 bits per heavy atom. The van der Waals surface area contributed by atoms with E-state index in [1.54, 1.807) is 29.7 Å². The van der Waals surface area contributed by atoms with E-state index in [9.17, 15) is 4.79 Å². The lowest BCUT2D eigenvalue weighted by Crippen LogP contribution is -2.36. The average Bonchev–Trinajstić information content (AvgIpc) is 3.21. The molecule has 0 bridgehead atoms. The molecule has 3 heterocycles. The van der Waals surface area contributed by atoms with E-state index in [1.807, 2.05) is 0 Å². The number of carbonyl (C=O) groups is 1. The Balaban J connectivity index is 1.67. The SMILES string of the molecule is O=C(NCC(c1cccs1)N1CCCC1)c1ccnc(Cl)c1. The zero-order valence-electron chi connectivity index (χ0n) is 12.2. The Morgan fingerprint density at radius 3 is 2.91 bits per heavy atom. The third-order valence-corrected chi connectivity index (χ3v) is 5.08. The topological polar surface area (TPSA) is 45.2 Å². The summed E-state index contributed by atoms with van der Waals surface area (Å²) in [5.41, 5.74) is 0.548. The van der Waals surface area contributed by atoms with Gasteiger partial charge in [0, 0.05) is 23.2 Å². The highest BCUT2D eigenvalue weighted by Gasteiger charge is 2.24. The van der Waals surface area contributed by atoms with Crippen LogP contribution in [0.15, 0.2) is 35.8 Å². The van der Waals surface area contributed by atoms with Crippen molar-refractivity contribution < 1.29 is 4.79 Å². The number of thiophene rings is 1. The van der Waals surface area contributed by atoms with Crippen LogP contribution in [0.5, 0.6) is 0 Å². The number of nitrogens with zero attached hydrogens (tertiary/aromatic N) is 2. The molecule has 1 atom stereocenters. The summed E-state index contributed by atoms with van der Waals surface area (Å²) in [6, 6.07) is 7.73. The first-order chi connectivity index (χ1) is 10.7. The second kappa shape index (κ2) is 7.22. The molecule has 1 N–H and O–H groups in total. The van der Waals surface area contributed by atoms with E-state index in [2.05, 4.69) is 32.7 Å². The molecule has 1 unspecified atom stereocenters. The van der Waals surface area contributed by atoms with Gasteiger partial charge in [-0.15, -0.1) is 11.3 Å². The zero-order valence-corrected chi connectivity index (χ0v) is 13.7. The highest BCUT2D eigenvalue weighted by Crippen LogP contribution is 2.27. The average molecular weight is 336 g/mol. The normalized spacial score (nSPS) is 16.6. The predicted octanol–water partition coefficient (Wildman–Crippen LogP) is 3.36. The first-order valence-electron chi connectivity index (χ1n) is 7.41. The standard InChI is InChI=1S/C16H18ClN3OS/c17-15-10-12(5-6-18-15)16(21)19-11-13(14-4-3-9-22-14)20-7-1-2-8-20/h3-6,9-10,13H,1-2,7-8,11H2,(H,19,21). The molecule has 116 valence electrons. The van der Waals surface area contributed by atoms with Crippen LogP contribution in [0, 0.1) is 0 Å². The van der Waals surface area contributed by atoms with Crippen molar-refractivity contribution >= 4 is 28.8 Å². The van der Waals surface area contributed by atoms with E-state index in [1.165, 1.54) is 17.7 Å². The second-order valence-electron chi connectivity index (χ2n) is 5.35. The number of halogens is 1. The van der Waals surface area contributed by atoms with Crippen LogP contribution in [0.2, 0.25) is 5.15 Å². The van der Waals surface area contributed by atoms with Gasteiger partial charge in [-0.1, -0.05) is 17.7 Å². The Bertz CT molecular complexity index is 626. The number of carbonyl (C=O) groups excluding carboxylic acids is 1. The van der Waals surface area contributed by atoms with Crippen LogP contribution in [0.4, 0.5) is 0 Å². The maximum Gasteiger partial charge on any atom is 0.251 e. The summed E-state index contributed by atoms with van der Waals surface area (Å²) >= 11 is 7.58. The molecule has 0 saturated carbocycles. The summed E-state index contributed by atoms with van der Waals surface area (Å²) in [4.78, 5) is 19.9. The number of aromatic nitrogens is 1. The molecule has 4 nitrogen and oxygen atoms in total. The van der Waals surface area contributed by atoms with Crippen molar-refractivity contribution in [2.45, 2.75) is 18.9 Å².